The average Bonchev–Trinajstić information content (AvgIpc) is 2.90. The van der Waals surface area contributed by atoms with E-state index in [4.69, 9.17) is 9.47 Å². The maximum atomic E-state index is 14.1. The number of ether oxygens (including phenoxy) is 2. The lowest BCUT2D eigenvalue weighted by Gasteiger charge is -2.28. The minimum absolute atomic E-state index is 0.122. The number of benzene rings is 3. The fourth-order valence-electron chi connectivity index (χ4n) is 4.10. The third kappa shape index (κ3) is 7.95. The van der Waals surface area contributed by atoms with Crippen LogP contribution in [0, 0.1) is 5.82 Å². The monoisotopic (exact) mass is 556 g/mol. The zero-order valence-electron chi connectivity index (χ0n) is 23.2. The highest BCUT2D eigenvalue weighted by Gasteiger charge is 2.28. The maximum Gasteiger partial charge on any atom is 0.410 e. The second kappa shape index (κ2) is 13.0. The molecule has 9 heteroatoms. The number of amides is 1. The largest absolute Gasteiger partial charge is 0.497 e. The quantitative estimate of drug-likeness (QED) is 0.245. The summed E-state index contributed by atoms with van der Waals surface area (Å²) in [5, 5.41) is 0. The maximum absolute atomic E-state index is 14.1. The number of methoxy groups -OCH3 is 1. The summed E-state index contributed by atoms with van der Waals surface area (Å²) in [5.41, 5.74) is 1.32. The molecule has 0 radical (unpaired) electrons. The molecule has 0 unspecified atom stereocenters. The molecule has 0 bridgehead atoms. The third-order valence-corrected chi connectivity index (χ3v) is 7.82. The van der Waals surface area contributed by atoms with Crippen LogP contribution in [0.2, 0.25) is 0 Å². The predicted molar refractivity (Wildman–Crippen MR) is 152 cm³/mol. The molecule has 0 aliphatic heterocycles. The molecular weight excluding hydrogens is 519 g/mol. The van der Waals surface area contributed by atoms with E-state index in [0.717, 1.165) is 11.6 Å². The SMILES string of the molecule is CCN(CCCCN(c1ccc(OC)cc1-c1ccccc1)S(=O)(=O)c1cccc(F)c1)C(=O)OC(C)(C)C. The van der Waals surface area contributed by atoms with Crippen molar-refractivity contribution in [1.29, 1.82) is 0 Å². The summed E-state index contributed by atoms with van der Waals surface area (Å²) in [7, 11) is -2.58. The Labute approximate surface area is 231 Å². The second-order valence-corrected chi connectivity index (χ2v) is 11.9. The van der Waals surface area contributed by atoms with E-state index in [-0.39, 0.29) is 11.4 Å². The summed E-state index contributed by atoms with van der Waals surface area (Å²) in [4.78, 5) is 14.0. The zero-order chi connectivity index (χ0) is 28.6. The van der Waals surface area contributed by atoms with Gasteiger partial charge in [-0.3, -0.25) is 4.31 Å². The molecule has 0 aliphatic rings. The van der Waals surface area contributed by atoms with Crippen LogP contribution in [0.5, 0.6) is 5.75 Å². The van der Waals surface area contributed by atoms with Crippen LogP contribution in [0.25, 0.3) is 11.1 Å². The Bertz CT molecular complexity index is 1360. The Morgan fingerprint density at radius 2 is 1.62 bits per heavy atom. The van der Waals surface area contributed by atoms with Crippen LogP contribution in [-0.2, 0) is 14.8 Å². The number of halogens is 1. The van der Waals surface area contributed by atoms with Crippen LogP contribution in [0.3, 0.4) is 0 Å². The third-order valence-electron chi connectivity index (χ3n) is 6.01. The molecule has 0 aromatic heterocycles. The molecule has 7 nitrogen and oxygen atoms in total. The molecule has 0 fully saturated rings. The lowest BCUT2D eigenvalue weighted by Crippen LogP contribution is -2.38. The Morgan fingerprint density at radius 3 is 2.23 bits per heavy atom. The summed E-state index contributed by atoms with van der Waals surface area (Å²) in [6.07, 6.45) is 0.587. The second-order valence-electron chi connectivity index (χ2n) is 10.1. The molecule has 3 aromatic carbocycles. The van der Waals surface area contributed by atoms with Crippen molar-refractivity contribution in [3.05, 3.63) is 78.6 Å². The number of sulfonamides is 1. The fraction of sp³-hybridized carbons (Fsp3) is 0.367. The zero-order valence-corrected chi connectivity index (χ0v) is 24.0. The smallest absolute Gasteiger partial charge is 0.410 e. The van der Waals surface area contributed by atoms with Crippen molar-refractivity contribution < 1.29 is 27.1 Å². The number of hydrogen-bond donors (Lipinski definition) is 0. The lowest BCUT2D eigenvalue weighted by molar-refractivity contribution is 0.0257. The summed E-state index contributed by atoms with van der Waals surface area (Å²) < 4.78 is 54.1. The molecule has 3 rings (SSSR count). The van der Waals surface area contributed by atoms with E-state index in [1.165, 1.54) is 22.5 Å². The van der Waals surface area contributed by atoms with Gasteiger partial charge in [-0.2, -0.15) is 0 Å². The van der Waals surface area contributed by atoms with Crippen LogP contribution in [0.1, 0.15) is 40.5 Å². The Kier molecular flexibility index (Phi) is 9.97. The molecule has 0 aliphatic carbocycles. The van der Waals surface area contributed by atoms with Crippen LogP contribution in [0.15, 0.2) is 77.7 Å². The molecule has 0 spiro atoms. The number of unbranched alkanes of at least 4 members (excludes halogenated alkanes) is 1. The fourth-order valence-corrected chi connectivity index (χ4v) is 5.65. The van der Waals surface area contributed by atoms with E-state index in [0.29, 0.717) is 42.9 Å². The van der Waals surface area contributed by atoms with E-state index in [2.05, 4.69) is 0 Å². The first-order chi connectivity index (χ1) is 18.5. The van der Waals surface area contributed by atoms with Crippen molar-refractivity contribution in [1.82, 2.24) is 4.90 Å². The van der Waals surface area contributed by atoms with Gasteiger partial charge in [0, 0.05) is 25.2 Å². The molecule has 0 saturated heterocycles. The van der Waals surface area contributed by atoms with Crippen LogP contribution in [-0.4, -0.2) is 51.8 Å². The Hall–Kier alpha value is -3.59. The number of nitrogens with zero attached hydrogens (tertiary/aromatic N) is 2. The summed E-state index contributed by atoms with van der Waals surface area (Å²) >= 11 is 0. The van der Waals surface area contributed by atoms with Gasteiger partial charge in [0.2, 0.25) is 0 Å². The molecule has 3 aromatic rings. The van der Waals surface area contributed by atoms with E-state index in [1.54, 1.807) is 30.2 Å². The normalized spacial score (nSPS) is 11.6. The van der Waals surface area contributed by atoms with E-state index in [9.17, 15) is 17.6 Å². The van der Waals surface area contributed by atoms with Gasteiger partial charge in [0.1, 0.15) is 17.2 Å². The molecule has 0 atom stereocenters. The van der Waals surface area contributed by atoms with Crippen LogP contribution < -0.4 is 9.04 Å². The predicted octanol–water partition coefficient (Wildman–Crippen LogP) is 6.73. The number of hydrogen-bond acceptors (Lipinski definition) is 5. The summed E-state index contributed by atoms with van der Waals surface area (Å²) in [6.45, 7) is 8.31. The van der Waals surface area contributed by atoms with Gasteiger partial charge in [-0.25, -0.2) is 17.6 Å². The van der Waals surface area contributed by atoms with Gasteiger partial charge in [-0.1, -0.05) is 36.4 Å². The first kappa shape index (κ1) is 30.0. The minimum Gasteiger partial charge on any atom is -0.497 e. The van der Waals surface area contributed by atoms with Crippen LogP contribution in [0.4, 0.5) is 14.9 Å². The van der Waals surface area contributed by atoms with Crippen LogP contribution >= 0.6 is 0 Å². The Balaban J connectivity index is 1.95. The van der Waals surface area contributed by atoms with Gasteiger partial charge in [0.25, 0.3) is 10.0 Å². The molecular formula is C30H37FN2O5S. The van der Waals surface area contributed by atoms with E-state index in [1.807, 2.05) is 58.0 Å². The van der Waals surface area contributed by atoms with Gasteiger partial charge in [0.05, 0.1) is 17.7 Å². The molecule has 0 saturated carbocycles. The molecule has 0 N–H and O–H groups in total. The first-order valence-electron chi connectivity index (χ1n) is 13.0. The van der Waals surface area contributed by atoms with E-state index < -0.39 is 27.5 Å². The summed E-state index contributed by atoms with van der Waals surface area (Å²) in [5.74, 6) is -0.0540. The minimum atomic E-state index is -4.13. The molecule has 39 heavy (non-hydrogen) atoms. The molecule has 0 heterocycles. The van der Waals surface area contributed by atoms with Crippen molar-refractivity contribution in [3.63, 3.8) is 0 Å². The molecule has 1 amide bonds. The highest BCUT2D eigenvalue weighted by molar-refractivity contribution is 7.92. The number of rotatable bonds is 11. The highest BCUT2D eigenvalue weighted by atomic mass is 32.2. The van der Waals surface area contributed by atoms with Crippen molar-refractivity contribution in [2.24, 2.45) is 0 Å². The van der Waals surface area contributed by atoms with Crippen molar-refractivity contribution in [2.75, 3.05) is 31.0 Å². The number of anilines is 1. The van der Waals surface area contributed by atoms with Gasteiger partial charge in [-0.05, 0) is 82.5 Å². The summed E-state index contributed by atoms with van der Waals surface area (Å²) in [6, 6.07) is 19.6. The Morgan fingerprint density at radius 1 is 0.923 bits per heavy atom. The van der Waals surface area contributed by atoms with E-state index >= 15 is 0 Å². The standard InChI is InChI=1S/C30H37FN2O5S/c1-6-32(29(34)38-30(2,3)4)19-10-11-20-33(39(35,36)26-16-12-15-24(31)21-26)28-18-17-25(37-5)22-27(28)23-13-8-7-9-14-23/h7-9,12-18,21-22H,6,10-11,19-20H2,1-5H3. The van der Waals surface area contributed by atoms with Gasteiger partial charge >= 0.3 is 6.09 Å². The topological polar surface area (TPSA) is 76.2 Å². The number of carbonyl (C=O) groups excluding carboxylic acids is 1. The number of carbonyl (C=O) groups is 1. The highest BCUT2D eigenvalue weighted by Crippen LogP contribution is 2.37. The van der Waals surface area contributed by atoms with Crippen molar-refractivity contribution >= 4 is 21.8 Å². The van der Waals surface area contributed by atoms with Gasteiger partial charge in [0.15, 0.2) is 0 Å². The average molecular weight is 557 g/mol. The first-order valence-corrected chi connectivity index (χ1v) is 14.4. The molecule has 210 valence electrons. The van der Waals surface area contributed by atoms with Crippen molar-refractivity contribution in [2.45, 2.75) is 51.0 Å². The lowest BCUT2D eigenvalue weighted by atomic mass is 10.0. The van der Waals surface area contributed by atoms with Crippen molar-refractivity contribution in [3.8, 4) is 16.9 Å². The van der Waals surface area contributed by atoms with Gasteiger partial charge in [-0.15, -0.1) is 0 Å². The van der Waals surface area contributed by atoms with Gasteiger partial charge < -0.3 is 14.4 Å².